The molecule has 1 aromatic heterocycles. The normalized spacial score (nSPS) is 14.2. The van der Waals surface area contributed by atoms with E-state index in [2.05, 4.69) is 6.07 Å². The van der Waals surface area contributed by atoms with Crippen LogP contribution in [0.5, 0.6) is 17.2 Å². The van der Waals surface area contributed by atoms with Crippen molar-refractivity contribution < 1.29 is 27.8 Å². The van der Waals surface area contributed by atoms with E-state index in [-0.39, 0.29) is 35.4 Å². The average Bonchev–Trinajstić information content (AvgIpc) is 3.33. The molecule has 6 rings (SSSR count). The summed E-state index contributed by atoms with van der Waals surface area (Å²) in [7, 11) is 0. The number of hydrogen-bond acceptors (Lipinski definition) is 7. The van der Waals surface area contributed by atoms with Crippen molar-refractivity contribution in [3.8, 4) is 23.3 Å². The van der Waals surface area contributed by atoms with Gasteiger partial charge in [-0.05, 0) is 54.4 Å². The molecule has 1 aliphatic heterocycles. The Morgan fingerprint density at radius 3 is 2.46 bits per heavy atom. The highest BCUT2D eigenvalue weighted by Gasteiger charge is 2.31. The second kappa shape index (κ2) is 10.5. The maximum Gasteiger partial charge on any atom is 0.379 e. The van der Waals surface area contributed by atoms with Gasteiger partial charge in [0.15, 0.2) is 0 Å². The van der Waals surface area contributed by atoms with Crippen LogP contribution in [0.3, 0.4) is 0 Å². The van der Waals surface area contributed by atoms with Crippen molar-refractivity contribution in [1.29, 1.82) is 5.26 Å². The molecule has 8 heteroatoms. The lowest BCUT2D eigenvalue weighted by molar-refractivity contribution is 0.0702. The number of hydrogen-bond donors (Lipinski definition) is 1. The summed E-state index contributed by atoms with van der Waals surface area (Å²) in [6.07, 6.45) is 0. The highest BCUT2D eigenvalue weighted by Crippen LogP contribution is 2.44. The lowest BCUT2D eigenvalue weighted by Crippen LogP contribution is -2.21. The van der Waals surface area contributed by atoms with Gasteiger partial charge in [-0.15, -0.1) is 0 Å². The molecule has 0 bridgehead atoms. The minimum atomic E-state index is -0.636. The van der Waals surface area contributed by atoms with Gasteiger partial charge in [-0.2, -0.15) is 5.26 Å². The van der Waals surface area contributed by atoms with Gasteiger partial charge in [0.1, 0.15) is 46.9 Å². The van der Waals surface area contributed by atoms with Crippen molar-refractivity contribution in [2.24, 2.45) is 5.73 Å². The number of esters is 1. The number of carbonyl (C=O) groups excluding carboxylic acids is 1. The van der Waals surface area contributed by atoms with E-state index in [1.54, 1.807) is 55.5 Å². The first-order valence-electron chi connectivity index (χ1n) is 12.8. The molecule has 1 atom stereocenters. The van der Waals surface area contributed by atoms with Crippen LogP contribution in [0, 0.1) is 24.1 Å². The molecule has 0 saturated heterocycles. The van der Waals surface area contributed by atoms with E-state index in [1.165, 1.54) is 12.1 Å². The van der Waals surface area contributed by atoms with Crippen molar-refractivity contribution >= 4 is 16.9 Å². The van der Waals surface area contributed by atoms with Crippen LogP contribution in [-0.4, -0.2) is 5.97 Å². The fourth-order valence-corrected chi connectivity index (χ4v) is 4.87. The van der Waals surface area contributed by atoms with Crippen LogP contribution in [0.15, 0.2) is 107 Å². The molecule has 7 nitrogen and oxygen atoms in total. The highest BCUT2D eigenvalue weighted by atomic mass is 19.1. The van der Waals surface area contributed by atoms with Crippen LogP contribution in [0.4, 0.5) is 4.39 Å². The topological polar surface area (TPSA) is 108 Å². The predicted molar refractivity (Wildman–Crippen MR) is 149 cm³/mol. The number of carbonyl (C=O) groups is 1. The molecule has 1 aliphatic rings. The molecule has 4 aromatic carbocycles. The number of furan rings is 1. The lowest BCUT2D eigenvalue weighted by Gasteiger charge is -2.26. The zero-order valence-electron chi connectivity index (χ0n) is 21.9. The maximum atomic E-state index is 13.2. The molecule has 1 unspecified atom stereocenters. The van der Waals surface area contributed by atoms with E-state index in [0.29, 0.717) is 28.2 Å². The SMILES string of the molecule is Cc1c(C(=O)Oc2ccc3c(c2)OC(N)=C(C#N)C3c2ccc(OCc3ccc(F)cc3)cc2)oc2ccccc12. The fourth-order valence-electron chi connectivity index (χ4n) is 4.87. The van der Waals surface area contributed by atoms with Crippen LogP contribution in [-0.2, 0) is 6.61 Å². The molecule has 5 aromatic rings. The van der Waals surface area contributed by atoms with Crippen LogP contribution in [0.1, 0.15) is 38.7 Å². The molecule has 0 spiro atoms. The Kier molecular flexibility index (Phi) is 6.62. The van der Waals surface area contributed by atoms with E-state index < -0.39 is 11.9 Å². The summed E-state index contributed by atoms with van der Waals surface area (Å²) < 4.78 is 36.1. The van der Waals surface area contributed by atoms with Gasteiger partial charge in [-0.25, -0.2) is 9.18 Å². The van der Waals surface area contributed by atoms with Crippen molar-refractivity contribution in [2.45, 2.75) is 19.4 Å². The number of para-hydroxylation sites is 1. The van der Waals surface area contributed by atoms with Crippen LogP contribution >= 0.6 is 0 Å². The Labute approximate surface area is 234 Å². The van der Waals surface area contributed by atoms with Crippen LogP contribution in [0.25, 0.3) is 11.0 Å². The van der Waals surface area contributed by atoms with E-state index in [0.717, 1.165) is 16.5 Å². The quantitative estimate of drug-likeness (QED) is 0.182. The summed E-state index contributed by atoms with van der Waals surface area (Å²) in [4.78, 5) is 12.9. The van der Waals surface area contributed by atoms with E-state index >= 15 is 0 Å². The Hall–Kier alpha value is -5.55. The number of nitriles is 1. The maximum absolute atomic E-state index is 13.2. The fraction of sp³-hybridized carbons (Fsp3) is 0.0909. The van der Waals surface area contributed by atoms with Crippen molar-refractivity contribution in [3.05, 3.63) is 136 Å². The number of rotatable bonds is 6. The van der Waals surface area contributed by atoms with Crippen molar-refractivity contribution in [2.75, 3.05) is 0 Å². The van der Waals surface area contributed by atoms with Gasteiger partial charge >= 0.3 is 5.97 Å². The molecular weight excluding hydrogens is 523 g/mol. The van der Waals surface area contributed by atoms with E-state index in [1.807, 2.05) is 30.3 Å². The molecule has 0 saturated carbocycles. The Bertz CT molecular complexity index is 1850. The van der Waals surface area contributed by atoms with Gasteiger partial charge in [0.2, 0.25) is 11.6 Å². The van der Waals surface area contributed by atoms with Gasteiger partial charge in [-0.3, -0.25) is 0 Å². The van der Waals surface area contributed by atoms with Crippen LogP contribution in [0.2, 0.25) is 0 Å². The second-order valence-corrected chi connectivity index (χ2v) is 9.55. The third kappa shape index (κ3) is 4.97. The standard InChI is InChI=1S/C33H23FN2O5/c1-19-25-4-2-3-5-28(25)40-31(19)33(37)39-24-14-15-26-29(16-24)41-32(36)27(17-35)30(26)21-8-12-23(13-9-21)38-18-20-6-10-22(34)11-7-20/h2-16,30H,18,36H2,1H3. The summed E-state index contributed by atoms with van der Waals surface area (Å²) in [6.45, 7) is 2.09. The van der Waals surface area contributed by atoms with Gasteiger partial charge in [0, 0.05) is 22.6 Å². The van der Waals surface area contributed by atoms with Crippen LogP contribution < -0.4 is 19.9 Å². The molecular formula is C33H23FN2O5. The number of nitrogens with zero attached hydrogens (tertiary/aromatic N) is 1. The van der Waals surface area contributed by atoms with Gasteiger partial charge in [0.05, 0.1) is 5.92 Å². The summed E-state index contributed by atoms with van der Waals surface area (Å²) in [6, 6.07) is 27.9. The molecule has 0 fully saturated rings. The highest BCUT2D eigenvalue weighted by molar-refractivity contribution is 5.96. The number of halogens is 1. The second-order valence-electron chi connectivity index (χ2n) is 9.55. The molecule has 0 aliphatic carbocycles. The Morgan fingerprint density at radius 2 is 1.73 bits per heavy atom. The smallest absolute Gasteiger partial charge is 0.379 e. The number of ether oxygens (including phenoxy) is 3. The van der Waals surface area contributed by atoms with Gasteiger partial charge < -0.3 is 24.4 Å². The summed E-state index contributed by atoms with van der Waals surface area (Å²) in [5.41, 5.74) is 10.0. The molecule has 0 amide bonds. The monoisotopic (exact) mass is 546 g/mol. The van der Waals surface area contributed by atoms with Gasteiger partial charge in [0.25, 0.3) is 0 Å². The van der Waals surface area contributed by atoms with E-state index in [9.17, 15) is 14.4 Å². The molecule has 0 radical (unpaired) electrons. The molecule has 41 heavy (non-hydrogen) atoms. The third-order valence-electron chi connectivity index (χ3n) is 6.96. The first-order chi connectivity index (χ1) is 19.9. The Morgan fingerprint density at radius 1 is 1.00 bits per heavy atom. The number of fused-ring (bicyclic) bond motifs is 2. The molecule has 2 N–H and O–H groups in total. The van der Waals surface area contributed by atoms with Gasteiger partial charge in [-0.1, -0.05) is 48.5 Å². The first-order valence-corrected chi connectivity index (χ1v) is 12.8. The summed E-state index contributed by atoms with van der Waals surface area (Å²) >= 11 is 0. The minimum absolute atomic E-state index is 0.0294. The zero-order valence-corrected chi connectivity index (χ0v) is 21.9. The minimum Gasteiger partial charge on any atom is -0.489 e. The van der Waals surface area contributed by atoms with Crippen molar-refractivity contribution in [3.63, 3.8) is 0 Å². The largest absolute Gasteiger partial charge is 0.489 e. The first kappa shape index (κ1) is 25.7. The molecule has 202 valence electrons. The number of allylic oxidation sites excluding steroid dienone is 1. The average molecular weight is 547 g/mol. The molecule has 2 heterocycles. The summed E-state index contributed by atoms with van der Waals surface area (Å²) in [5, 5.41) is 10.7. The lowest BCUT2D eigenvalue weighted by atomic mass is 9.83. The zero-order chi connectivity index (χ0) is 28.5. The number of nitrogens with two attached hydrogens (primary N) is 1. The predicted octanol–water partition coefficient (Wildman–Crippen LogP) is 6.90. The van der Waals surface area contributed by atoms with E-state index in [4.69, 9.17) is 24.4 Å². The third-order valence-corrected chi connectivity index (χ3v) is 6.96. The number of aryl methyl sites for hydroxylation is 1. The van der Waals surface area contributed by atoms with Crippen molar-refractivity contribution in [1.82, 2.24) is 0 Å². The summed E-state index contributed by atoms with van der Waals surface area (Å²) in [5.74, 6) is -0.125. The number of benzene rings is 4. The Balaban J connectivity index is 1.24.